The van der Waals surface area contributed by atoms with Gasteiger partial charge in [-0.05, 0) is 42.5 Å². The Morgan fingerprint density at radius 2 is 2.00 bits per heavy atom. The maximum Gasteiger partial charge on any atom is 0.320 e. The lowest BCUT2D eigenvalue weighted by atomic mass is 10.0. The molecule has 0 radical (unpaired) electrons. The minimum atomic E-state index is -3.02. The normalized spacial score (nSPS) is 14.2. The quantitative estimate of drug-likeness (QED) is 0.890. The number of fused-ring (bicyclic) bond motifs is 1. The van der Waals surface area contributed by atoms with Crippen LogP contribution in [0.3, 0.4) is 0 Å². The van der Waals surface area contributed by atoms with Crippen LogP contribution in [-0.2, 0) is 22.7 Å². The van der Waals surface area contributed by atoms with Crippen molar-refractivity contribution in [2.45, 2.75) is 19.3 Å². The molecule has 0 unspecified atom stereocenters. The van der Waals surface area contributed by atoms with Gasteiger partial charge in [0, 0.05) is 42.5 Å². The Bertz CT molecular complexity index is 912. The SMILES string of the molecule is CS(=O)(=O)CCc1cncc(-c2cnc3c(c2)CCCN3C(N)=O)c1. The first kappa shape index (κ1) is 17.3. The molecule has 2 N–H and O–H groups in total. The minimum absolute atomic E-state index is 0.0914. The Labute approximate surface area is 146 Å². The van der Waals surface area contributed by atoms with Crippen molar-refractivity contribution in [1.82, 2.24) is 9.97 Å². The smallest absolute Gasteiger partial charge is 0.320 e. The van der Waals surface area contributed by atoms with Crippen molar-refractivity contribution in [2.75, 3.05) is 23.5 Å². The van der Waals surface area contributed by atoms with Gasteiger partial charge in [-0.15, -0.1) is 0 Å². The van der Waals surface area contributed by atoms with Crippen LogP contribution in [0.5, 0.6) is 0 Å². The number of carbonyl (C=O) groups is 1. The van der Waals surface area contributed by atoms with E-state index in [9.17, 15) is 13.2 Å². The number of urea groups is 1. The lowest BCUT2D eigenvalue weighted by Gasteiger charge is -2.26. The fourth-order valence-corrected chi connectivity index (χ4v) is 3.53. The Morgan fingerprint density at radius 1 is 1.24 bits per heavy atom. The molecule has 1 aliphatic rings. The first-order valence-electron chi connectivity index (χ1n) is 8.01. The van der Waals surface area contributed by atoms with Crippen molar-refractivity contribution in [1.29, 1.82) is 0 Å². The monoisotopic (exact) mass is 360 g/mol. The summed E-state index contributed by atoms with van der Waals surface area (Å²) in [4.78, 5) is 21.6. The number of primary amides is 1. The number of hydrogen-bond acceptors (Lipinski definition) is 5. The maximum absolute atomic E-state index is 11.5. The molecule has 3 heterocycles. The van der Waals surface area contributed by atoms with E-state index in [-0.39, 0.29) is 5.75 Å². The van der Waals surface area contributed by atoms with Crippen molar-refractivity contribution in [3.05, 3.63) is 41.9 Å². The Morgan fingerprint density at radius 3 is 2.72 bits per heavy atom. The molecular formula is C17H20N4O3S. The van der Waals surface area contributed by atoms with E-state index < -0.39 is 15.9 Å². The predicted molar refractivity (Wildman–Crippen MR) is 96.1 cm³/mol. The fraction of sp³-hybridized carbons (Fsp3) is 0.353. The summed E-state index contributed by atoms with van der Waals surface area (Å²) in [5, 5.41) is 0. The summed E-state index contributed by atoms with van der Waals surface area (Å²) < 4.78 is 22.7. The zero-order valence-electron chi connectivity index (χ0n) is 14.0. The molecule has 132 valence electrons. The first-order chi connectivity index (χ1) is 11.8. The van der Waals surface area contributed by atoms with E-state index >= 15 is 0 Å². The van der Waals surface area contributed by atoms with E-state index in [1.165, 1.54) is 11.2 Å². The molecule has 0 atom stereocenters. The van der Waals surface area contributed by atoms with E-state index in [2.05, 4.69) is 9.97 Å². The molecule has 0 aromatic carbocycles. The van der Waals surface area contributed by atoms with Gasteiger partial charge in [-0.3, -0.25) is 9.88 Å². The Hall–Kier alpha value is -2.48. The second-order valence-electron chi connectivity index (χ2n) is 6.26. The van der Waals surface area contributed by atoms with Crippen LogP contribution in [0.25, 0.3) is 11.1 Å². The van der Waals surface area contributed by atoms with Crippen molar-refractivity contribution < 1.29 is 13.2 Å². The number of rotatable bonds is 4. The molecule has 0 saturated carbocycles. The third-order valence-corrected chi connectivity index (χ3v) is 5.13. The van der Waals surface area contributed by atoms with E-state index in [1.54, 1.807) is 18.6 Å². The zero-order chi connectivity index (χ0) is 18.0. The van der Waals surface area contributed by atoms with Crippen molar-refractivity contribution in [3.8, 4) is 11.1 Å². The van der Waals surface area contributed by atoms with Crippen LogP contribution in [0.2, 0.25) is 0 Å². The van der Waals surface area contributed by atoms with E-state index in [0.717, 1.165) is 35.1 Å². The van der Waals surface area contributed by atoms with Gasteiger partial charge >= 0.3 is 6.03 Å². The predicted octanol–water partition coefficient (Wildman–Crippen LogP) is 1.56. The van der Waals surface area contributed by atoms with Crippen LogP contribution < -0.4 is 10.6 Å². The summed E-state index contributed by atoms with van der Waals surface area (Å²) in [6.07, 6.45) is 8.42. The molecule has 7 nitrogen and oxygen atoms in total. The fourth-order valence-electron chi connectivity index (χ4n) is 2.92. The van der Waals surface area contributed by atoms with Gasteiger partial charge in [0.05, 0.1) is 5.75 Å². The number of carbonyl (C=O) groups excluding carboxylic acids is 1. The average molecular weight is 360 g/mol. The molecule has 0 fully saturated rings. The third kappa shape index (κ3) is 4.14. The van der Waals surface area contributed by atoms with E-state index in [0.29, 0.717) is 18.8 Å². The molecule has 0 saturated heterocycles. The number of nitrogens with zero attached hydrogens (tertiary/aromatic N) is 3. The number of amides is 2. The van der Waals surface area contributed by atoms with Crippen LogP contribution in [0.1, 0.15) is 17.5 Å². The summed E-state index contributed by atoms with van der Waals surface area (Å²) in [7, 11) is -3.02. The molecule has 2 aromatic heterocycles. The summed E-state index contributed by atoms with van der Waals surface area (Å²) in [5.41, 5.74) is 9.00. The molecule has 3 rings (SSSR count). The lowest BCUT2D eigenvalue weighted by Crippen LogP contribution is -2.40. The van der Waals surface area contributed by atoms with Crippen LogP contribution in [0, 0.1) is 0 Å². The highest BCUT2D eigenvalue weighted by atomic mass is 32.2. The highest BCUT2D eigenvalue weighted by Crippen LogP contribution is 2.29. The highest BCUT2D eigenvalue weighted by molar-refractivity contribution is 7.90. The van der Waals surface area contributed by atoms with Gasteiger partial charge in [0.2, 0.25) is 0 Å². The van der Waals surface area contributed by atoms with Crippen LogP contribution >= 0.6 is 0 Å². The van der Waals surface area contributed by atoms with Gasteiger partial charge in [0.15, 0.2) is 0 Å². The molecule has 2 amide bonds. The maximum atomic E-state index is 11.5. The number of aryl methyl sites for hydroxylation is 2. The van der Waals surface area contributed by atoms with Crippen molar-refractivity contribution in [2.24, 2.45) is 5.73 Å². The number of anilines is 1. The van der Waals surface area contributed by atoms with Crippen molar-refractivity contribution >= 4 is 21.7 Å². The van der Waals surface area contributed by atoms with Crippen molar-refractivity contribution in [3.63, 3.8) is 0 Å². The summed E-state index contributed by atoms with van der Waals surface area (Å²) in [5.74, 6) is 0.706. The second-order valence-corrected chi connectivity index (χ2v) is 8.52. The summed E-state index contributed by atoms with van der Waals surface area (Å²) in [6, 6.07) is 3.43. The topological polar surface area (TPSA) is 106 Å². The van der Waals surface area contributed by atoms with Gasteiger partial charge in [0.1, 0.15) is 15.7 Å². The largest absolute Gasteiger partial charge is 0.351 e. The molecule has 0 aliphatic carbocycles. The Kier molecular flexibility index (Phi) is 4.71. The van der Waals surface area contributed by atoms with Gasteiger partial charge in [-0.1, -0.05) is 0 Å². The number of pyridine rings is 2. The molecule has 8 heteroatoms. The molecule has 2 aromatic rings. The first-order valence-corrected chi connectivity index (χ1v) is 10.1. The number of aromatic nitrogens is 2. The van der Waals surface area contributed by atoms with Gasteiger partial charge in [-0.2, -0.15) is 0 Å². The van der Waals surface area contributed by atoms with Crippen LogP contribution in [-0.4, -0.2) is 43.0 Å². The standard InChI is InChI=1S/C17H20N4O3S/c1-25(23,24)6-4-12-7-14(10-19-9-12)15-8-13-3-2-5-21(17(18)22)16(13)20-11-15/h7-11H,2-6H2,1H3,(H2,18,22). The molecule has 1 aliphatic heterocycles. The molecular weight excluding hydrogens is 340 g/mol. The van der Waals surface area contributed by atoms with Gasteiger partial charge in [0.25, 0.3) is 0 Å². The van der Waals surface area contributed by atoms with E-state index in [4.69, 9.17) is 5.73 Å². The van der Waals surface area contributed by atoms with Gasteiger partial charge in [-0.25, -0.2) is 18.2 Å². The zero-order valence-corrected chi connectivity index (χ0v) is 14.8. The number of hydrogen-bond donors (Lipinski definition) is 1. The second kappa shape index (κ2) is 6.79. The van der Waals surface area contributed by atoms with Crippen LogP contribution in [0.15, 0.2) is 30.7 Å². The summed E-state index contributed by atoms with van der Waals surface area (Å²) in [6.45, 7) is 0.581. The van der Waals surface area contributed by atoms with E-state index in [1.807, 2.05) is 12.1 Å². The summed E-state index contributed by atoms with van der Waals surface area (Å²) >= 11 is 0. The molecule has 0 spiro atoms. The average Bonchev–Trinajstić information content (AvgIpc) is 2.58. The van der Waals surface area contributed by atoms with Crippen LogP contribution in [0.4, 0.5) is 10.6 Å². The number of sulfone groups is 1. The van der Waals surface area contributed by atoms with Gasteiger partial charge < -0.3 is 5.73 Å². The Balaban J connectivity index is 1.89. The number of nitrogens with two attached hydrogens (primary N) is 1. The highest BCUT2D eigenvalue weighted by Gasteiger charge is 2.22. The molecule has 25 heavy (non-hydrogen) atoms. The molecule has 0 bridgehead atoms. The lowest BCUT2D eigenvalue weighted by molar-refractivity contribution is 0.253. The minimum Gasteiger partial charge on any atom is -0.351 e. The third-order valence-electron chi connectivity index (χ3n) is 4.18.